The van der Waals surface area contributed by atoms with Crippen LogP contribution in [0.5, 0.6) is 0 Å². The van der Waals surface area contributed by atoms with Gasteiger partial charge in [-0.05, 0) is 49.8 Å². The van der Waals surface area contributed by atoms with Crippen LogP contribution in [-0.4, -0.2) is 18.5 Å². The number of urea groups is 1. The molecule has 2 rings (SSSR count). The smallest absolute Gasteiger partial charge is 0.315 e. The Morgan fingerprint density at radius 2 is 2.05 bits per heavy atom. The molecule has 5 heteroatoms. The largest absolute Gasteiger partial charge is 0.366 e. The van der Waals surface area contributed by atoms with Gasteiger partial charge in [0, 0.05) is 18.7 Å². The SMILES string of the molecule is NC(=O)c1cccc(CNC(=O)NCCC2=CCCCC2)c1. The highest BCUT2D eigenvalue weighted by Gasteiger charge is 2.06. The molecule has 0 bridgehead atoms. The van der Waals surface area contributed by atoms with Crippen LogP contribution in [0.3, 0.4) is 0 Å². The van der Waals surface area contributed by atoms with E-state index in [2.05, 4.69) is 16.7 Å². The van der Waals surface area contributed by atoms with Crippen molar-refractivity contribution in [2.24, 2.45) is 5.73 Å². The number of hydrogen-bond donors (Lipinski definition) is 3. The van der Waals surface area contributed by atoms with Crippen molar-refractivity contribution in [3.8, 4) is 0 Å². The first-order chi connectivity index (χ1) is 10.6. The van der Waals surface area contributed by atoms with E-state index in [1.54, 1.807) is 18.2 Å². The van der Waals surface area contributed by atoms with Gasteiger partial charge in [0.1, 0.15) is 0 Å². The van der Waals surface area contributed by atoms with Crippen molar-refractivity contribution < 1.29 is 9.59 Å². The quantitative estimate of drug-likeness (QED) is 0.705. The highest BCUT2D eigenvalue weighted by Crippen LogP contribution is 2.19. The van der Waals surface area contributed by atoms with Gasteiger partial charge in [-0.25, -0.2) is 4.79 Å². The van der Waals surface area contributed by atoms with Gasteiger partial charge < -0.3 is 16.4 Å². The molecule has 0 aliphatic heterocycles. The molecule has 4 N–H and O–H groups in total. The highest BCUT2D eigenvalue weighted by atomic mass is 16.2. The molecule has 0 unspecified atom stereocenters. The summed E-state index contributed by atoms with van der Waals surface area (Å²) >= 11 is 0. The van der Waals surface area contributed by atoms with Crippen molar-refractivity contribution in [1.82, 2.24) is 10.6 Å². The van der Waals surface area contributed by atoms with Gasteiger partial charge in [0.05, 0.1) is 0 Å². The molecule has 0 atom stereocenters. The molecule has 0 spiro atoms. The van der Waals surface area contributed by atoms with E-state index >= 15 is 0 Å². The van der Waals surface area contributed by atoms with Gasteiger partial charge in [-0.2, -0.15) is 0 Å². The minimum atomic E-state index is -0.466. The standard InChI is InChI=1S/C17H23N3O2/c18-16(21)15-8-4-7-14(11-15)12-20-17(22)19-10-9-13-5-2-1-3-6-13/h4-5,7-8,11H,1-3,6,9-10,12H2,(H2,18,21)(H2,19,20,22). The van der Waals surface area contributed by atoms with Crippen molar-refractivity contribution in [3.05, 3.63) is 47.0 Å². The van der Waals surface area contributed by atoms with Gasteiger partial charge in [-0.15, -0.1) is 0 Å². The Labute approximate surface area is 131 Å². The summed E-state index contributed by atoms with van der Waals surface area (Å²) in [4.78, 5) is 22.8. The molecular formula is C17H23N3O2. The van der Waals surface area contributed by atoms with Crippen LogP contribution < -0.4 is 16.4 Å². The Hall–Kier alpha value is -2.30. The number of nitrogens with two attached hydrogens (primary N) is 1. The first kappa shape index (κ1) is 16.1. The summed E-state index contributed by atoms with van der Waals surface area (Å²) in [6, 6.07) is 6.75. The number of rotatable bonds is 6. The summed E-state index contributed by atoms with van der Waals surface area (Å²) in [5.41, 5.74) is 7.97. The lowest BCUT2D eigenvalue weighted by atomic mass is 9.97. The minimum absolute atomic E-state index is 0.194. The van der Waals surface area contributed by atoms with Crippen molar-refractivity contribution in [2.75, 3.05) is 6.54 Å². The number of nitrogens with one attached hydrogen (secondary N) is 2. The maximum atomic E-state index is 11.7. The van der Waals surface area contributed by atoms with E-state index in [1.807, 2.05) is 6.07 Å². The van der Waals surface area contributed by atoms with Gasteiger partial charge in [0.2, 0.25) is 5.91 Å². The number of allylic oxidation sites excluding steroid dienone is 1. The van der Waals surface area contributed by atoms with Crippen LogP contribution in [0.4, 0.5) is 4.79 Å². The van der Waals surface area contributed by atoms with E-state index in [4.69, 9.17) is 5.73 Å². The molecule has 5 nitrogen and oxygen atoms in total. The van der Waals surface area contributed by atoms with Crippen molar-refractivity contribution in [3.63, 3.8) is 0 Å². The zero-order valence-corrected chi connectivity index (χ0v) is 12.7. The van der Waals surface area contributed by atoms with Gasteiger partial charge in [-0.1, -0.05) is 23.8 Å². The third-order valence-electron chi connectivity index (χ3n) is 3.78. The lowest BCUT2D eigenvalue weighted by Gasteiger charge is -2.13. The second-order valence-electron chi connectivity index (χ2n) is 5.53. The zero-order chi connectivity index (χ0) is 15.8. The lowest BCUT2D eigenvalue weighted by molar-refractivity contribution is 0.1000. The average molecular weight is 301 g/mol. The van der Waals surface area contributed by atoms with E-state index in [0.717, 1.165) is 24.8 Å². The van der Waals surface area contributed by atoms with Crippen LogP contribution in [0, 0.1) is 0 Å². The van der Waals surface area contributed by atoms with Crippen LogP contribution in [-0.2, 0) is 6.54 Å². The molecule has 0 fully saturated rings. The molecule has 1 aromatic rings. The molecular weight excluding hydrogens is 278 g/mol. The van der Waals surface area contributed by atoms with Gasteiger partial charge in [0.25, 0.3) is 0 Å². The van der Waals surface area contributed by atoms with Crippen LogP contribution in [0.25, 0.3) is 0 Å². The maximum absolute atomic E-state index is 11.7. The fourth-order valence-electron chi connectivity index (χ4n) is 2.55. The number of amides is 3. The fraction of sp³-hybridized carbons (Fsp3) is 0.412. The Bertz CT molecular complexity index is 567. The molecule has 0 saturated heterocycles. The van der Waals surface area contributed by atoms with Crippen molar-refractivity contribution in [2.45, 2.75) is 38.6 Å². The second kappa shape index (κ2) is 8.22. The van der Waals surface area contributed by atoms with Crippen LogP contribution in [0.2, 0.25) is 0 Å². The topological polar surface area (TPSA) is 84.2 Å². The molecule has 0 radical (unpaired) electrons. The van der Waals surface area contributed by atoms with E-state index < -0.39 is 5.91 Å². The number of carbonyl (C=O) groups is 2. The van der Waals surface area contributed by atoms with E-state index in [-0.39, 0.29) is 6.03 Å². The Morgan fingerprint density at radius 1 is 1.18 bits per heavy atom. The van der Waals surface area contributed by atoms with Gasteiger partial charge in [0.15, 0.2) is 0 Å². The average Bonchev–Trinajstić information content (AvgIpc) is 2.54. The van der Waals surface area contributed by atoms with Crippen LogP contribution in [0.1, 0.15) is 48.0 Å². The fourth-order valence-corrected chi connectivity index (χ4v) is 2.55. The summed E-state index contributed by atoms with van der Waals surface area (Å²) in [6.07, 6.45) is 8.07. The summed E-state index contributed by atoms with van der Waals surface area (Å²) in [6.45, 7) is 1.02. The Kier molecular flexibility index (Phi) is 6.01. The van der Waals surface area contributed by atoms with E-state index in [1.165, 1.54) is 18.4 Å². The Balaban J connectivity index is 1.70. The lowest BCUT2D eigenvalue weighted by Crippen LogP contribution is -2.35. The third kappa shape index (κ3) is 5.24. The molecule has 0 saturated carbocycles. The summed E-state index contributed by atoms with van der Waals surface area (Å²) in [7, 11) is 0. The number of primary amides is 1. The predicted octanol–water partition coefficient (Wildman–Crippen LogP) is 2.48. The zero-order valence-electron chi connectivity index (χ0n) is 12.7. The highest BCUT2D eigenvalue weighted by molar-refractivity contribution is 5.92. The van der Waals surface area contributed by atoms with Crippen molar-refractivity contribution >= 4 is 11.9 Å². The van der Waals surface area contributed by atoms with Gasteiger partial charge in [-0.3, -0.25) is 4.79 Å². The monoisotopic (exact) mass is 301 g/mol. The molecule has 118 valence electrons. The van der Waals surface area contributed by atoms with Crippen molar-refractivity contribution in [1.29, 1.82) is 0 Å². The van der Waals surface area contributed by atoms with E-state index in [0.29, 0.717) is 18.7 Å². The maximum Gasteiger partial charge on any atom is 0.315 e. The number of carbonyl (C=O) groups excluding carboxylic acids is 2. The molecule has 22 heavy (non-hydrogen) atoms. The number of benzene rings is 1. The molecule has 1 aliphatic carbocycles. The molecule has 0 aromatic heterocycles. The summed E-state index contributed by atoms with van der Waals surface area (Å²) < 4.78 is 0. The second-order valence-corrected chi connectivity index (χ2v) is 5.53. The van der Waals surface area contributed by atoms with Crippen LogP contribution >= 0.6 is 0 Å². The summed E-state index contributed by atoms with van der Waals surface area (Å²) in [5.74, 6) is -0.466. The first-order valence-electron chi connectivity index (χ1n) is 7.73. The third-order valence-corrected chi connectivity index (χ3v) is 3.78. The van der Waals surface area contributed by atoms with E-state index in [9.17, 15) is 9.59 Å². The molecule has 1 aromatic carbocycles. The molecule has 1 aliphatic rings. The summed E-state index contributed by atoms with van der Waals surface area (Å²) in [5, 5.41) is 5.64. The molecule has 3 amide bonds. The first-order valence-corrected chi connectivity index (χ1v) is 7.73. The normalized spacial score (nSPS) is 14.1. The number of hydrogen-bond acceptors (Lipinski definition) is 2. The van der Waals surface area contributed by atoms with Gasteiger partial charge >= 0.3 is 6.03 Å². The Morgan fingerprint density at radius 3 is 2.77 bits per heavy atom. The minimum Gasteiger partial charge on any atom is -0.366 e. The molecule has 0 heterocycles. The predicted molar refractivity (Wildman–Crippen MR) is 86.4 cm³/mol. The van der Waals surface area contributed by atoms with Crippen LogP contribution in [0.15, 0.2) is 35.9 Å².